The Morgan fingerprint density at radius 1 is 0.867 bits per heavy atom. The molecule has 0 N–H and O–H groups in total. The van der Waals surface area contributed by atoms with E-state index in [1.54, 1.807) is 0 Å². The van der Waals surface area contributed by atoms with Gasteiger partial charge in [0.25, 0.3) is 11.8 Å². The number of para-hydroxylation sites is 1. The molecule has 0 aliphatic carbocycles. The van der Waals surface area contributed by atoms with Crippen LogP contribution in [0.1, 0.15) is 24.0 Å². The lowest BCUT2D eigenvalue weighted by Crippen LogP contribution is -2.36. The minimum absolute atomic E-state index is 0.152. The summed E-state index contributed by atoms with van der Waals surface area (Å²) in [5.41, 5.74) is 4.28. The maximum Gasteiger partial charge on any atom is 0.277 e. The molecule has 0 bridgehead atoms. The van der Waals surface area contributed by atoms with Gasteiger partial charge in [-0.2, -0.15) is 0 Å². The van der Waals surface area contributed by atoms with Crippen LogP contribution in [-0.2, 0) is 23.1 Å². The number of rotatable bonds is 5. The lowest BCUT2D eigenvalue weighted by atomic mass is 10.0. The Bertz CT molecular complexity index is 1150. The predicted molar refractivity (Wildman–Crippen MR) is 118 cm³/mol. The number of carbonyl (C=O) groups is 2. The summed E-state index contributed by atoms with van der Waals surface area (Å²) in [6.45, 7) is 2.06. The summed E-state index contributed by atoms with van der Waals surface area (Å²) in [6, 6.07) is 17.8. The van der Waals surface area contributed by atoms with Crippen LogP contribution in [0.3, 0.4) is 0 Å². The van der Waals surface area contributed by atoms with Gasteiger partial charge in [-0.15, -0.1) is 0 Å². The zero-order valence-electron chi connectivity index (χ0n) is 17.2. The Labute approximate surface area is 176 Å². The van der Waals surface area contributed by atoms with Crippen molar-refractivity contribution < 1.29 is 9.59 Å². The number of aryl methyl sites for hydroxylation is 1. The molecule has 5 heteroatoms. The second kappa shape index (κ2) is 7.48. The highest BCUT2D eigenvalue weighted by atomic mass is 16.2. The van der Waals surface area contributed by atoms with E-state index < -0.39 is 0 Å². The van der Waals surface area contributed by atoms with Crippen LogP contribution >= 0.6 is 0 Å². The van der Waals surface area contributed by atoms with Gasteiger partial charge in [0, 0.05) is 43.8 Å². The largest absolute Gasteiger partial charge is 0.366 e. The van der Waals surface area contributed by atoms with E-state index >= 15 is 0 Å². The Kier molecular flexibility index (Phi) is 4.66. The summed E-state index contributed by atoms with van der Waals surface area (Å²) in [6.07, 6.45) is 4.86. The maximum atomic E-state index is 13.4. The number of fused-ring (bicyclic) bond motifs is 1. The molecule has 30 heavy (non-hydrogen) atoms. The number of carbonyl (C=O) groups excluding carboxylic acids is 2. The van der Waals surface area contributed by atoms with Crippen molar-refractivity contribution in [3.05, 3.63) is 77.6 Å². The van der Waals surface area contributed by atoms with Gasteiger partial charge in [-0.05, 0) is 36.5 Å². The fraction of sp³-hybridized carbons (Fsp3) is 0.280. The van der Waals surface area contributed by atoms with Gasteiger partial charge in [-0.1, -0.05) is 48.5 Å². The summed E-state index contributed by atoms with van der Waals surface area (Å²) < 4.78 is 2.10. The van der Waals surface area contributed by atoms with E-state index in [1.165, 1.54) is 10.3 Å². The van der Waals surface area contributed by atoms with Crippen LogP contribution in [0.2, 0.25) is 0 Å². The minimum atomic E-state index is -0.173. The molecule has 0 saturated carbocycles. The smallest absolute Gasteiger partial charge is 0.277 e. The number of nitrogens with zero attached hydrogens (tertiary/aromatic N) is 3. The first kappa shape index (κ1) is 18.7. The molecule has 5 rings (SSSR count). The molecule has 1 saturated heterocycles. The molecule has 3 aromatic rings. The number of likely N-dealkylation sites (tertiary alicyclic amines) is 1. The molecule has 152 valence electrons. The highest BCUT2D eigenvalue weighted by molar-refractivity contribution is 6.35. The summed E-state index contributed by atoms with van der Waals surface area (Å²) in [5.74, 6) is -0.325. The van der Waals surface area contributed by atoms with Gasteiger partial charge in [0.1, 0.15) is 5.70 Å². The van der Waals surface area contributed by atoms with Gasteiger partial charge in [-0.25, -0.2) is 0 Å². The SMILES string of the molecule is Cn1cc(CCN2C(=O)C(c3ccccc3)=C(N3CCCC3)C2=O)c2ccccc21. The maximum absolute atomic E-state index is 13.4. The van der Waals surface area contributed by atoms with Crippen molar-refractivity contribution >= 4 is 28.3 Å². The second-order valence-electron chi connectivity index (χ2n) is 8.08. The summed E-state index contributed by atoms with van der Waals surface area (Å²) >= 11 is 0. The van der Waals surface area contributed by atoms with Crippen LogP contribution < -0.4 is 0 Å². The predicted octanol–water partition coefficient (Wildman–Crippen LogP) is 3.60. The van der Waals surface area contributed by atoms with E-state index in [0.29, 0.717) is 24.2 Å². The normalized spacial score (nSPS) is 17.1. The van der Waals surface area contributed by atoms with Gasteiger partial charge in [0.2, 0.25) is 0 Å². The number of imide groups is 1. The van der Waals surface area contributed by atoms with Crippen LogP contribution in [-0.4, -0.2) is 45.8 Å². The van der Waals surface area contributed by atoms with E-state index in [9.17, 15) is 9.59 Å². The highest BCUT2D eigenvalue weighted by Gasteiger charge is 2.41. The van der Waals surface area contributed by atoms with Crippen LogP contribution in [0.25, 0.3) is 16.5 Å². The Hall–Kier alpha value is -3.34. The molecule has 5 nitrogen and oxygen atoms in total. The van der Waals surface area contributed by atoms with Crippen molar-refractivity contribution in [3.63, 3.8) is 0 Å². The first-order valence-corrected chi connectivity index (χ1v) is 10.6. The van der Waals surface area contributed by atoms with Crippen LogP contribution in [0.15, 0.2) is 66.5 Å². The number of hydrogen-bond donors (Lipinski definition) is 0. The zero-order chi connectivity index (χ0) is 20.7. The number of benzene rings is 2. The van der Waals surface area contributed by atoms with Gasteiger partial charge >= 0.3 is 0 Å². The quantitative estimate of drug-likeness (QED) is 0.616. The summed E-state index contributed by atoms with van der Waals surface area (Å²) in [4.78, 5) is 30.3. The molecule has 2 amide bonds. The molecular formula is C25H25N3O2. The Balaban J connectivity index is 1.46. The average Bonchev–Trinajstić information content (AvgIpc) is 3.46. The fourth-order valence-electron chi connectivity index (χ4n) is 4.72. The Morgan fingerprint density at radius 3 is 2.33 bits per heavy atom. The second-order valence-corrected chi connectivity index (χ2v) is 8.08. The van der Waals surface area contributed by atoms with Crippen LogP contribution in [0.4, 0.5) is 0 Å². The third kappa shape index (κ3) is 3.02. The van der Waals surface area contributed by atoms with E-state index in [4.69, 9.17) is 0 Å². The van der Waals surface area contributed by atoms with E-state index in [0.717, 1.165) is 42.6 Å². The lowest BCUT2D eigenvalue weighted by molar-refractivity contribution is -0.137. The lowest BCUT2D eigenvalue weighted by Gasteiger charge is -2.20. The molecule has 2 aromatic carbocycles. The van der Waals surface area contributed by atoms with Gasteiger partial charge in [-0.3, -0.25) is 14.5 Å². The molecule has 1 aromatic heterocycles. The first-order chi connectivity index (χ1) is 14.6. The van der Waals surface area contributed by atoms with Crippen molar-refractivity contribution in [3.8, 4) is 0 Å². The minimum Gasteiger partial charge on any atom is -0.366 e. The molecule has 2 aliphatic rings. The topological polar surface area (TPSA) is 45.6 Å². The van der Waals surface area contributed by atoms with Gasteiger partial charge in [0.05, 0.1) is 5.57 Å². The highest BCUT2D eigenvalue weighted by Crippen LogP contribution is 2.33. The third-order valence-corrected chi connectivity index (χ3v) is 6.21. The van der Waals surface area contributed by atoms with E-state index in [-0.39, 0.29) is 11.8 Å². The molecule has 0 unspecified atom stereocenters. The van der Waals surface area contributed by atoms with Crippen molar-refractivity contribution in [1.82, 2.24) is 14.4 Å². The van der Waals surface area contributed by atoms with E-state index in [2.05, 4.69) is 27.8 Å². The standard InChI is InChI=1S/C25H25N3O2/c1-26-17-19(20-11-5-6-12-21(20)26)13-16-28-24(29)22(18-9-3-2-4-10-18)23(25(28)30)27-14-7-8-15-27/h2-6,9-12,17H,7-8,13-16H2,1H3. The molecule has 0 spiro atoms. The number of amides is 2. The van der Waals surface area contributed by atoms with Gasteiger partial charge < -0.3 is 9.47 Å². The zero-order valence-corrected chi connectivity index (χ0v) is 17.2. The Morgan fingerprint density at radius 2 is 1.57 bits per heavy atom. The van der Waals surface area contributed by atoms with Crippen molar-refractivity contribution in [2.45, 2.75) is 19.3 Å². The summed E-state index contributed by atoms with van der Waals surface area (Å²) in [5, 5.41) is 1.18. The molecule has 0 radical (unpaired) electrons. The van der Waals surface area contributed by atoms with Crippen molar-refractivity contribution in [2.75, 3.05) is 19.6 Å². The molecule has 2 aliphatic heterocycles. The van der Waals surface area contributed by atoms with Crippen molar-refractivity contribution in [1.29, 1.82) is 0 Å². The average molecular weight is 399 g/mol. The first-order valence-electron chi connectivity index (χ1n) is 10.6. The molecule has 0 atom stereocenters. The van der Waals surface area contributed by atoms with Crippen molar-refractivity contribution in [2.24, 2.45) is 7.05 Å². The third-order valence-electron chi connectivity index (χ3n) is 6.21. The van der Waals surface area contributed by atoms with Crippen LogP contribution in [0.5, 0.6) is 0 Å². The summed E-state index contributed by atoms with van der Waals surface area (Å²) in [7, 11) is 2.03. The number of aromatic nitrogens is 1. The fourth-order valence-corrected chi connectivity index (χ4v) is 4.72. The monoisotopic (exact) mass is 399 g/mol. The van der Waals surface area contributed by atoms with E-state index in [1.807, 2.05) is 49.5 Å². The van der Waals surface area contributed by atoms with Crippen LogP contribution in [0, 0.1) is 0 Å². The number of hydrogen-bond acceptors (Lipinski definition) is 3. The molecule has 3 heterocycles. The molecule has 1 fully saturated rings. The molecular weight excluding hydrogens is 374 g/mol. The van der Waals surface area contributed by atoms with Gasteiger partial charge in [0.15, 0.2) is 0 Å².